The summed E-state index contributed by atoms with van der Waals surface area (Å²) in [6.45, 7) is 0.388. The molecule has 2 N–H and O–H groups in total. The van der Waals surface area contributed by atoms with Gasteiger partial charge in [-0.25, -0.2) is 0 Å². The number of hydrogen-bond donors (Lipinski definition) is 2. The van der Waals surface area contributed by atoms with Crippen LogP contribution in [0, 0.1) is 0 Å². The third-order valence-corrected chi connectivity index (χ3v) is 4.13. The van der Waals surface area contributed by atoms with E-state index in [0.717, 1.165) is 27.8 Å². The lowest BCUT2D eigenvalue weighted by Crippen LogP contribution is -2.05. The van der Waals surface area contributed by atoms with E-state index in [1.165, 1.54) is 0 Å². The summed E-state index contributed by atoms with van der Waals surface area (Å²) in [4.78, 5) is 0. The first-order valence-electron chi connectivity index (χ1n) is 6.54. The molecule has 0 radical (unpaired) electrons. The molecule has 0 unspecified atom stereocenters. The Morgan fingerprint density at radius 1 is 0.905 bits per heavy atom. The molecule has 3 aromatic rings. The lowest BCUT2D eigenvalue weighted by molar-refractivity contribution is 0.305. The van der Waals surface area contributed by atoms with E-state index in [0.29, 0.717) is 17.0 Å². The third-order valence-electron chi connectivity index (χ3n) is 3.82. The van der Waals surface area contributed by atoms with Gasteiger partial charge in [0.2, 0.25) is 0 Å². The van der Waals surface area contributed by atoms with Crippen molar-refractivity contribution < 1.29 is 14.9 Å². The van der Waals surface area contributed by atoms with E-state index < -0.39 is 0 Å². The number of halogens is 1. The lowest BCUT2D eigenvalue weighted by atomic mass is 9.94. The van der Waals surface area contributed by atoms with Crippen LogP contribution < -0.4 is 4.74 Å². The summed E-state index contributed by atoms with van der Waals surface area (Å²) in [6, 6.07) is 12.5. The molecule has 1 aliphatic rings. The molecule has 0 atom stereocenters. The lowest BCUT2D eigenvalue weighted by Gasteiger charge is -2.22. The van der Waals surface area contributed by atoms with E-state index in [1.54, 1.807) is 18.2 Å². The van der Waals surface area contributed by atoms with Crippen LogP contribution in [0.5, 0.6) is 17.2 Å². The predicted octanol–water partition coefficient (Wildman–Crippen LogP) is 4.46. The summed E-state index contributed by atoms with van der Waals surface area (Å²) in [5.41, 5.74) is 2.93. The van der Waals surface area contributed by atoms with Gasteiger partial charge in [-0.1, -0.05) is 17.7 Å². The molecule has 104 valence electrons. The minimum Gasteiger partial charge on any atom is -0.508 e. The van der Waals surface area contributed by atoms with Crippen LogP contribution in [0.25, 0.3) is 21.9 Å². The molecule has 0 fully saturated rings. The molecule has 0 saturated carbocycles. The first-order valence-corrected chi connectivity index (χ1v) is 6.92. The zero-order valence-corrected chi connectivity index (χ0v) is 11.7. The van der Waals surface area contributed by atoms with Crippen molar-refractivity contribution in [1.82, 2.24) is 0 Å². The maximum Gasteiger partial charge on any atom is 0.142 e. The Kier molecular flexibility index (Phi) is 2.53. The van der Waals surface area contributed by atoms with Crippen LogP contribution in [0.1, 0.15) is 5.56 Å². The normalized spacial score (nSPS) is 12.6. The van der Waals surface area contributed by atoms with E-state index in [-0.39, 0.29) is 11.5 Å². The van der Waals surface area contributed by atoms with Gasteiger partial charge in [0.05, 0.1) is 5.02 Å². The molecule has 3 nitrogen and oxygen atoms in total. The highest BCUT2D eigenvalue weighted by Gasteiger charge is 2.21. The average Bonchev–Trinajstić information content (AvgIpc) is 2.49. The van der Waals surface area contributed by atoms with Gasteiger partial charge in [-0.15, -0.1) is 0 Å². The summed E-state index contributed by atoms with van der Waals surface area (Å²) in [5.74, 6) is 1.03. The van der Waals surface area contributed by atoms with Crippen molar-refractivity contribution in [2.75, 3.05) is 0 Å². The van der Waals surface area contributed by atoms with E-state index in [1.807, 2.05) is 24.3 Å². The molecule has 0 bridgehead atoms. The molecular weight excluding hydrogens is 288 g/mol. The fourth-order valence-corrected chi connectivity index (χ4v) is 2.98. The number of rotatable bonds is 0. The van der Waals surface area contributed by atoms with Crippen molar-refractivity contribution in [2.24, 2.45) is 0 Å². The monoisotopic (exact) mass is 298 g/mol. The van der Waals surface area contributed by atoms with Gasteiger partial charge in [-0.3, -0.25) is 0 Å². The molecular formula is C17H11ClO3. The Balaban J connectivity index is 2.05. The van der Waals surface area contributed by atoms with Gasteiger partial charge < -0.3 is 14.9 Å². The first kappa shape index (κ1) is 12.4. The standard InChI is InChI=1S/C17H11ClO3/c18-15-6-5-14-12(16(15)20)3-4-13-11-2-1-10(19)7-9(11)8-21-17(13)14/h1-7,19-20H,8H2. The second-order valence-electron chi connectivity index (χ2n) is 5.06. The molecule has 0 aromatic heterocycles. The summed E-state index contributed by atoms with van der Waals surface area (Å²) >= 11 is 5.95. The van der Waals surface area contributed by atoms with Gasteiger partial charge in [0, 0.05) is 21.9 Å². The number of aromatic hydroxyl groups is 2. The summed E-state index contributed by atoms with van der Waals surface area (Å²) in [5, 5.41) is 21.5. The van der Waals surface area contributed by atoms with Crippen LogP contribution in [0.2, 0.25) is 5.02 Å². The number of benzene rings is 3. The Bertz CT molecular complexity index is 887. The van der Waals surface area contributed by atoms with Gasteiger partial charge in [0.15, 0.2) is 0 Å². The van der Waals surface area contributed by atoms with E-state index >= 15 is 0 Å². The molecule has 1 aliphatic heterocycles. The molecule has 0 saturated heterocycles. The second kappa shape index (κ2) is 4.30. The summed E-state index contributed by atoms with van der Waals surface area (Å²) in [6.07, 6.45) is 0. The highest BCUT2D eigenvalue weighted by atomic mass is 35.5. The van der Waals surface area contributed by atoms with Crippen LogP contribution >= 0.6 is 11.6 Å². The molecule has 3 aromatic carbocycles. The van der Waals surface area contributed by atoms with Crippen LogP contribution in [0.15, 0.2) is 42.5 Å². The van der Waals surface area contributed by atoms with Crippen molar-refractivity contribution in [1.29, 1.82) is 0 Å². The maximum absolute atomic E-state index is 10.1. The first-order chi connectivity index (χ1) is 10.1. The predicted molar refractivity (Wildman–Crippen MR) is 82.1 cm³/mol. The average molecular weight is 299 g/mol. The fraction of sp³-hybridized carbons (Fsp3) is 0.0588. The Labute approximate surface area is 126 Å². The second-order valence-corrected chi connectivity index (χ2v) is 5.47. The number of phenolic OH excluding ortho intramolecular Hbond substituents is 2. The van der Waals surface area contributed by atoms with Crippen molar-refractivity contribution in [3.63, 3.8) is 0 Å². The van der Waals surface area contributed by atoms with E-state index in [9.17, 15) is 10.2 Å². The Morgan fingerprint density at radius 3 is 2.52 bits per heavy atom. The molecule has 21 heavy (non-hydrogen) atoms. The number of phenols is 2. The van der Waals surface area contributed by atoms with Gasteiger partial charge in [0.25, 0.3) is 0 Å². The van der Waals surface area contributed by atoms with Gasteiger partial charge >= 0.3 is 0 Å². The van der Waals surface area contributed by atoms with Crippen molar-refractivity contribution in [3.05, 3.63) is 53.1 Å². The zero-order valence-electron chi connectivity index (χ0n) is 10.9. The quantitative estimate of drug-likeness (QED) is 0.644. The SMILES string of the molecule is Oc1ccc2c(c1)COc1c-2ccc2c(O)c(Cl)ccc12. The third kappa shape index (κ3) is 1.74. The van der Waals surface area contributed by atoms with Crippen LogP contribution in [0.4, 0.5) is 0 Å². The maximum atomic E-state index is 10.1. The van der Waals surface area contributed by atoms with E-state index in [2.05, 4.69) is 0 Å². The van der Waals surface area contributed by atoms with E-state index in [4.69, 9.17) is 16.3 Å². The molecule has 4 heteroatoms. The summed E-state index contributed by atoms with van der Waals surface area (Å²) < 4.78 is 5.85. The summed E-state index contributed by atoms with van der Waals surface area (Å²) in [7, 11) is 0. The molecule has 0 aliphatic carbocycles. The Morgan fingerprint density at radius 2 is 1.67 bits per heavy atom. The topological polar surface area (TPSA) is 49.7 Å². The van der Waals surface area contributed by atoms with Crippen molar-refractivity contribution in [2.45, 2.75) is 6.61 Å². The highest BCUT2D eigenvalue weighted by Crippen LogP contribution is 2.45. The smallest absolute Gasteiger partial charge is 0.142 e. The number of ether oxygens (including phenoxy) is 1. The minimum atomic E-state index is 0.0667. The van der Waals surface area contributed by atoms with Gasteiger partial charge in [-0.05, 0) is 42.0 Å². The van der Waals surface area contributed by atoms with Crippen molar-refractivity contribution in [3.8, 4) is 28.4 Å². The molecule has 1 heterocycles. The van der Waals surface area contributed by atoms with Crippen LogP contribution in [0.3, 0.4) is 0 Å². The fourth-order valence-electron chi connectivity index (χ4n) is 2.82. The zero-order chi connectivity index (χ0) is 14.6. The molecule has 0 spiro atoms. The van der Waals surface area contributed by atoms with Gasteiger partial charge in [0.1, 0.15) is 23.9 Å². The highest BCUT2D eigenvalue weighted by molar-refractivity contribution is 6.33. The van der Waals surface area contributed by atoms with Crippen LogP contribution in [-0.4, -0.2) is 10.2 Å². The largest absolute Gasteiger partial charge is 0.508 e. The Hall–Kier alpha value is -2.39. The minimum absolute atomic E-state index is 0.0667. The molecule has 4 rings (SSSR count). The van der Waals surface area contributed by atoms with Gasteiger partial charge in [-0.2, -0.15) is 0 Å². The number of hydrogen-bond acceptors (Lipinski definition) is 3. The van der Waals surface area contributed by atoms with Crippen molar-refractivity contribution >= 4 is 22.4 Å². The molecule has 0 amide bonds. The van der Waals surface area contributed by atoms with Crippen LogP contribution in [-0.2, 0) is 6.61 Å². The number of fused-ring (bicyclic) bond motifs is 5.